The Morgan fingerprint density at radius 1 is 1.21 bits per heavy atom. The Hall–Kier alpha value is -1.17. The molecular weight excluding hydrogens is 303 g/mol. The third-order valence-electron chi connectivity index (χ3n) is 2.69. The lowest BCUT2D eigenvalue weighted by Crippen LogP contribution is -1.97. The molecule has 0 aliphatic rings. The van der Waals surface area contributed by atoms with E-state index in [9.17, 15) is 0 Å². The van der Waals surface area contributed by atoms with Gasteiger partial charge < -0.3 is 0 Å². The second kappa shape index (κ2) is 4.74. The zero-order valence-corrected chi connectivity index (χ0v) is 12.6. The molecule has 0 aliphatic carbocycles. The number of aromatic nitrogens is 4. The van der Waals surface area contributed by atoms with Gasteiger partial charge in [-0.25, -0.2) is 0 Å². The van der Waals surface area contributed by atoms with Crippen molar-refractivity contribution in [3.63, 3.8) is 0 Å². The minimum atomic E-state index is 0.269. The van der Waals surface area contributed by atoms with Crippen molar-refractivity contribution in [3.8, 4) is 10.6 Å². The Morgan fingerprint density at radius 2 is 2.00 bits per heavy atom. The minimum absolute atomic E-state index is 0.269. The van der Waals surface area contributed by atoms with E-state index in [1.165, 1.54) is 11.3 Å². The van der Waals surface area contributed by atoms with Gasteiger partial charge in [0.1, 0.15) is 5.01 Å². The molecule has 0 aliphatic heterocycles. The zero-order valence-electron chi connectivity index (χ0n) is 10.3. The molecule has 2 heterocycles. The summed E-state index contributed by atoms with van der Waals surface area (Å²) < 4.78 is 1.77. The third-order valence-corrected chi connectivity index (χ3v) is 4.17. The van der Waals surface area contributed by atoms with Gasteiger partial charge in [-0.15, -0.1) is 10.2 Å². The van der Waals surface area contributed by atoms with Gasteiger partial charge in [-0.3, -0.25) is 0 Å². The normalized spacial score (nSPS) is 11.6. The van der Waals surface area contributed by atoms with Crippen LogP contribution >= 0.6 is 34.5 Å². The van der Waals surface area contributed by atoms with E-state index >= 15 is 0 Å². The quantitative estimate of drug-likeness (QED) is 0.709. The fraction of sp³-hybridized carbons (Fsp3) is 0.250. The van der Waals surface area contributed by atoms with Crippen molar-refractivity contribution in [1.82, 2.24) is 19.8 Å². The van der Waals surface area contributed by atoms with Crippen LogP contribution in [-0.4, -0.2) is 19.8 Å². The van der Waals surface area contributed by atoms with Crippen molar-refractivity contribution >= 4 is 39.5 Å². The summed E-state index contributed by atoms with van der Waals surface area (Å²) in [5, 5.41) is 14.8. The first-order valence-electron chi connectivity index (χ1n) is 5.74. The summed E-state index contributed by atoms with van der Waals surface area (Å²) in [7, 11) is 0. The maximum atomic E-state index is 6.20. The fourth-order valence-electron chi connectivity index (χ4n) is 1.76. The van der Waals surface area contributed by atoms with Crippen LogP contribution in [0.2, 0.25) is 10.0 Å². The number of hydrogen-bond acceptors (Lipinski definition) is 4. The maximum Gasteiger partial charge on any atom is 0.234 e. The molecule has 98 valence electrons. The largest absolute Gasteiger partial charge is 0.234 e. The molecule has 19 heavy (non-hydrogen) atoms. The summed E-state index contributed by atoms with van der Waals surface area (Å²) in [4.78, 5) is 0.768. The van der Waals surface area contributed by atoms with Gasteiger partial charge in [0.05, 0.1) is 5.02 Å². The summed E-state index contributed by atoms with van der Waals surface area (Å²) in [6, 6.07) is 5.38. The molecule has 2 aromatic heterocycles. The summed E-state index contributed by atoms with van der Waals surface area (Å²) >= 11 is 13.6. The molecule has 0 saturated carbocycles. The molecule has 0 N–H and O–H groups in total. The molecule has 0 radical (unpaired) electrons. The van der Waals surface area contributed by atoms with Crippen molar-refractivity contribution in [3.05, 3.63) is 34.1 Å². The second-order valence-electron chi connectivity index (χ2n) is 4.44. The Bertz CT molecular complexity index is 747. The van der Waals surface area contributed by atoms with Gasteiger partial charge in [0.25, 0.3) is 0 Å². The molecule has 1 aromatic carbocycles. The van der Waals surface area contributed by atoms with Crippen LogP contribution in [0.15, 0.2) is 18.2 Å². The van der Waals surface area contributed by atoms with E-state index in [2.05, 4.69) is 29.1 Å². The highest BCUT2D eigenvalue weighted by atomic mass is 35.5. The molecule has 3 aromatic rings. The number of fused-ring (bicyclic) bond motifs is 1. The summed E-state index contributed by atoms with van der Waals surface area (Å²) in [5.41, 5.74) is 0.858. The van der Waals surface area contributed by atoms with Crippen LogP contribution in [0.5, 0.6) is 0 Å². The molecule has 0 atom stereocenters. The lowest BCUT2D eigenvalue weighted by molar-refractivity contribution is 0.727. The van der Waals surface area contributed by atoms with E-state index < -0.39 is 0 Å². The van der Waals surface area contributed by atoms with Crippen LogP contribution in [-0.2, 0) is 0 Å². The van der Waals surface area contributed by atoms with E-state index in [-0.39, 0.29) is 5.92 Å². The molecule has 0 amide bonds. The van der Waals surface area contributed by atoms with Crippen LogP contribution in [0, 0.1) is 0 Å². The summed E-state index contributed by atoms with van der Waals surface area (Å²) in [5.74, 6) is 1.12. The monoisotopic (exact) mass is 312 g/mol. The van der Waals surface area contributed by atoms with Crippen LogP contribution in [0.1, 0.15) is 25.6 Å². The van der Waals surface area contributed by atoms with E-state index in [1.807, 2.05) is 6.07 Å². The van der Waals surface area contributed by atoms with E-state index in [0.29, 0.717) is 10.0 Å². The topological polar surface area (TPSA) is 43.1 Å². The van der Waals surface area contributed by atoms with Crippen LogP contribution < -0.4 is 0 Å². The first kappa shape index (κ1) is 12.8. The highest BCUT2D eigenvalue weighted by Crippen LogP contribution is 2.33. The van der Waals surface area contributed by atoms with Crippen molar-refractivity contribution in [2.24, 2.45) is 0 Å². The lowest BCUT2D eigenvalue weighted by Gasteiger charge is -2.00. The van der Waals surface area contributed by atoms with Crippen LogP contribution in [0.3, 0.4) is 0 Å². The maximum absolute atomic E-state index is 6.20. The number of halogens is 2. The van der Waals surface area contributed by atoms with Gasteiger partial charge >= 0.3 is 0 Å². The summed E-state index contributed by atoms with van der Waals surface area (Å²) in [6.07, 6.45) is 0. The van der Waals surface area contributed by atoms with Crippen molar-refractivity contribution in [1.29, 1.82) is 0 Å². The van der Waals surface area contributed by atoms with Crippen molar-refractivity contribution in [2.75, 3.05) is 0 Å². The van der Waals surface area contributed by atoms with E-state index in [4.69, 9.17) is 23.2 Å². The van der Waals surface area contributed by atoms with Gasteiger partial charge in [-0.05, 0) is 18.2 Å². The SMILES string of the molecule is CC(C)c1nnc2sc(-c3ccc(Cl)cc3Cl)nn12. The number of rotatable bonds is 2. The minimum Gasteiger partial charge on any atom is -0.187 e. The first-order chi connectivity index (χ1) is 9.06. The predicted octanol–water partition coefficient (Wildman–Crippen LogP) is 4.28. The Kier molecular flexibility index (Phi) is 3.20. The zero-order chi connectivity index (χ0) is 13.6. The van der Waals surface area contributed by atoms with Gasteiger partial charge in [0, 0.05) is 16.5 Å². The van der Waals surface area contributed by atoms with Gasteiger partial charge in [0.2, 0.25) is 4.96 Å². The highest BCUT2D eigenvalue weighted by Gasteiger charge is 2.16. The van der Waals surface area contributed by atoms with E-state index in [1.54, 1.807) is 16.6 Å². The molecule has 3 rings (SSSR count). The standard InChI is InChI=1S/C12H10Cl2N4S/c1-6(2)10-15-16-12-18(10)17-11(19-12)8-4-3-7(13)5-9(8)14/h3-6H,1-2H3. The highest BCUT2D eigenvalue weighted by molar-refractivity contribution is 7.19. The Balaban J connectivity index is 2.15. The molecule has 0 unspecified atom stereocenters. The molecule has 4 nitrogen and oxygen atoms in total. The second-order valence-corrected chi connectivity index (χ2v) is 6.24. The number of nitrogens with zero attached hydrogens (tertiary/aromatic N) is 4. The van der Waals surface area contributed by atoms with E-state index in [0.717, 1.165) is 21.4 Å². The molecule has 0 fully saturated rings. The van der Waals surface area contributed by atoms with Crippen LogP contribution in [0.4, 0.5) is 0 Å². The average molecular weight is 313 g/mol. The first-order valence-corrected chi connectivity index (χ1v) is 7.31. The smallest absolute Gasteiger partial charge is 0.187 e. The average Bonchev–Trinajstić information content (AvgIpc) is 2.87. The number of benzene rings is 1. The number of hydrogen-bond donors (Lipinski definition) is 0. The Labute approximate surface area is 124 Å². The van der Waals surface area contributed by atoms with Crippen molar-refractivity contribution in [2.45, 2.75) is 19.8 Å². The Morgan fingerprint density at radius 3 is 2.68 bits per heavy atom. The molecule has 0 spiro atoms. The van der Waals surface area contributed by atoms with Crippen LogP contribution in [0.25, 0.3) is 15.5 Å². The molecule has 0 bridgehead atoms. The predicted molar refractivity (Wildman–Crippen MR) is 78.2 cm³/mol. The van der Waals surface area contributed by atoms with Gasteiger partial charge in [-0.2, -0.15) is 9.61 Å². The third kappa shape index (κ3) is 2.22. The molecular formula is C12H10Cl2N4S. The van der Waals surface area contributed by atoms with Crippen molar-refractivity contribution < 1.29 is 0 Å². The molecule has 0 saturated heterocycles. The lowest BCUT2D eigenvalue weighted by atomic mass is 10.2. The molecule has 7 heteroatoms. The summed E-state index contributed by atoms with van der Waals surface area (Å²) in [6.45, 7) is 4.12. The fourth-order valence-corrected chi connectivity index (χ4v) is 3.20. The van der Waals surface area contributed by atoms with Gasteiger partial charge in [-0.1, -0.05) is 48.4 Å². The van der Waals surface area contributed by atoms with Gasteiger partial charge in [0.15, 0.2) is 5.82 Å².